The van der Waals surface area contributed by atoms with Crippen molar-refractivity contribution >= 4 is 5.69 Å². The summed E-state index contributed by atoms with van der Waals surface area (Å²) in [6.07, 6.45) is 2.20. The SMILES string of the molecule is CN(C)CCC(C#N)(c1ccc([N+](=O)[O-])cc1)c1ccccn1. The third-order valence-corrected chi connectivity index (χ3v) is 3.80. The molecule has 1 heterocycles. The van der Waals surface area contributed by atoms with E-state index in [4.69, 9.17) is 0 Å². The van der Waals surface area contributed by atoms with E-state index < -0.39 is 10.3 Å². The van der Waals surface area contributed by atoms with Gasteiger partial charge in [-0.15, -0.1) is 0 Å². The molecular formula is C17H18N4O2. The number of nitro groups is 1. The molecule has 118 valence electrons. The van der Waals surface area contributed by atoms with E-state index in [-0.39, 0.29) is 5.69 Å². The number of nitrogens with zero attached hydrogens (tertiary/aromatic N) is 4. The van der Waals surface area contributed by atoms with Crippen LogP contribution in [0.3, 0.4) is 0 Å². The van der Waals surface area contributed by atoms with E-state index in [9.17, 15) is 15.4 Å². The Kier molecular flexibility index (Phi) is 5.04. The lowest BCUT2D eigenvalue weighted by Gasteiger charge is -2.28. The van der Waals surface area contributed by atoms with Crippen molar-refractivity contribution in [3.05, 3.63) is 70.0 Å². The van der Waals surface area contributed by atoms with Crippen molar-refractivity contribution in [3.8, 4) is 6.07 Å². The standard InChI is InChI=1S/C17H18N4O2/c1-20(2)12-10-17(13-18,16-5-3-4-11-19-16)14-6-8-15(9-7-14)21(22)23/h3-9,11H,10,12H2,1-2H3. The number of rotatable bonds is 6. The molecule has 0 amide bonds. The zero-order valence-corrected chi connectivity index (χ0v) is 13.1. The zero-order valence-electron chi connectivity index (χ0n) is 13.1. The quantitative estimate of drug-likeness (QED) is 0.605. The molecule has 1 aromatic heterocycles. The van der Waals surface area contributed by atoms with Crippen molar-refractivity contribution in [1.29, 1.82) is 5.26 Å². The molecule has 0 fully saturated rings. The van der Waals surface area contributed by atoms with E-state index in [1.54, 1.807) is 24.4 Å². The summed E-state index contributed by atoms with van der Waals surface area (Å²) in [6, 6.07) is 14.0. The average Bonchev–Trinajstić information content (AvgIpc) is 2.57. The van der Waals surface area contributed by atoms with Crippen molar-refractivity contribution in [3.63, 3.8) is 0 Å². The van der Waals surface area contributed by atoms with Crippen LogP contribution in [0, 0.1) is 21.4 Å². The number of pyridine rings is 1. The molecule has 2 rings (SSSR count). The Hall–Kier alpha value is -2.78. The summed E-state index contributed by atoms with van der Waals surface area (Å²) >= 11 is 0. The molecule has 0 bridgehead atoms. The summed E-state index contributed by atoms with van der Waals surface area (Å²) in [5.74, 6) is 0. The lowest BCUT2D eigenvalue weighted by Crippen LogP contribution is -2.31. The van der Waals surface area contributed by atoms with E-state index in [0.29, 0.717) is 24.2 Å². The summed E-state index contributed by atoms with van der Waals surface area (Å²) in [7, 11) is 3.88. The van der Waals surface area contributed by atoms with Gasteiger partial charge in [-0.2, -0.15) is 5.26 Å². The first-order chi connectivity index (χ1) is 11.0. The van der Waals surface area contributed by atoms with E-state index in [2.05, 4.69) is 11.1 Å². The van der Waals surface area contributed by atoms with Gasteiger partial charge in [0.15, 0.2) is 0 Å². The fourth-order valence-corrected chi connectivity index (χ4v) is 2.47. The molecule has 0 saturated carbocycles. The van der Waals surface area contributed by atoms with Crippen LogP contribution in [0.4, 0.5) is 5.69 Å². The third-order valence-electron chi connectivity index (χ3n) is 3.80. The Balaban J connectivity index is 2.52. The largest absolute Gasteiger partial charge is 0.309 e. The van der Waals surface area contributed by atoms with E-state index in [0.717, 1.165) is 0 Å². The lowest BCUT2D eigenvalue weighted by molar-refractivity contribution is -0.384. The maximum absolute atomic E-state index is 10.8. The van der Waals surface area contributed by atoms with Crippen LogP contribution in [0.1, 0.15) is 17.7 Å². The number of benzene rings is 1. The monoisotopic (exact) mass is 310 g/mol. The second-order valence-corrected chi connectivity index (χ2v) is 5.59. The van der Waals surface area contributed by atoms with Gasteiger partial charge in [0.2, 0.25) is 0 Å². The summed E-state index contributed by atoms with van der Waals surface area (Å²) in [5.41, 5.74) is 0.444. The highest BCUT2D eigenvalue weighted by Gasteiger charge is 2.36. The molecule has 23 heavy (non-hydrogen) atoms. The fraction of sp³-hybridized carbons (Fsp3) is 0.294. The van der Waals surface area contributed by atoms with Gasteiger partial charge < -0.3 is 4.90 Å². The van der Waals surface area contributed by atoms with Crippen LogP contribution in [0.15, 0.2) is 48.7 Å². The highest BCUT2D eigenvalue weighted by Crippen LogP contribution is 2.35. The predicted molar refractivity (Wildman–Crippen MR) is 86.9 cm³/mol. The van der Waals surface area contributed by atoms with Gasteiger partial charge in [-0.3, -0.25) is 15.1 Å². The summed E-state index contributed by atoms with van der Waals surface area (Å²) < 4.78 is 0. The Morgan fingerprint density at radius 2 is 1.96 bits per heavy atom. The Labute approximate surface area is 135 Å². The van der Waals surface area contributed by atoms with E-state index in [1.165, 1.54) is 12.1 Å². The Morgan fingerprint density at radius 1 is 1.26 bits per heavy atom. The van der Waals surface area contributed by atoms with Crippen LogP contribution >= 0.6 is 0 Å². The predicted octanol–water partition coefficient (Wildman–Crippen LogP) is 2.75. The Morgan fingerprint density at radius 3 is 2.43 bits per heavy atom. The van der Waals surface area contributed by atoms with Crippen molar-refractivity contribution in [2.45, 2.75) is 11.8 Å². The van der Waals surface area contributed by atoms with Crippen molar-refractivity contribution in [2.24, 2.45) is 0 Å². The first-order valence-corrected chi connectivity index (χ1v) is 7.22. The smallest absolute Gasteiger partial charge is 0.269 e. The fourth-order valence-electron chi connectivity index (χ4n) is 2.47. The van der Waals surface area contributed by atoms with Crippen LogP contribution in [0.25, 0.3) is 0 Å². The van der Waals surface area contributed by atoms with E-state index in [1.807, 2.05) is 31.1 Å². The molecule has 0 saturated heterocycles. The van der Waals surface area contributed by atoms with Gasteiger partial charge in [-0.05, 0) is 44.8 Å². The van der Waals surface area contributed by atoms with Crippen LogP contribution in [-0.2, 0) is 5.41 Å². The topological polar surface area (TPSA) is 83.1 Å². The molecule has 0 radical (unpaired) electrons. The number of hydrogen-bond acceptors (Lipinski definition) is 5. The number of aromatic nitrogens is 1. The second kappa shape index (κ2) is 6.99. The summed E-state index contributed by atoms with van der Waals surface area (Å²) in [6.45, 7) is 0.696. The molecule has 2 aromatic rings. The molecule has 1 atom stereocenters. The molecule has 0 aliphatic rings. The second-order valence-electron chi connectivity index (χ2n) is 5.59. The lowest BCUT2D eigenvalue weighted by atomic mass is 9.75. The maximum atomic E-state index is 10.8. The zero-order chi connectivity index (χ0) is 16.9. The molecule has 0 N–H and O–H groups in total. The number of nitriles is 1. The minimum Gasteiger partial charge on any atom is -0.309 e. The van der Waals surface area contributed by atoms with Crippen LogP contribution in [-0.4, -0.2) is 35.4 Å². The molecule has 0 aliphatic heterocycles. The third kappa shape index (κ3) is 3.52. The normalized spacial score (nSPS) is 13.3. The molecule has 0 aliphatic carbocycles. The van der Waals surface area contributed by atoms with Crippen LogP contribution in [0.2, 0.25) is 0 Å². The van der Waals surface area contributed by atoms with Gasteiger partial charge in [0, 0.05) is 18.3 Å². The summed E-state index contributed by atoms with van der Waals surface area (Å²) in [4.78, 5) is 16.8. The van der Waals surface area contributed by atoms with Crippen molar-refractivity contribution in [2.75, 3.05) is 20.6 Å². The van der Waals surface area contributed by atoms with Gasteiger partial charge >= 0.3 is 0 Å². The number of non-ortho nitro benzene ring substituents is 1. The van der Waals surface area contributed by atoms with Gasteiger partial charge in [0.25, 0.3) is 5.69 Å². The van der Waals surface area contributed by atoms with Gasteiger partial charge in [-0.1, -0.05) is 18.2 Å². The van der Waals surface area contributed by atoms with Crippen LogP contribution < -0.4 is 0 Å². The maximum Gasteiger partial charge on any atom is 0.269 e. The van der Waals surface area contributed by atoms with E-state index >= 15 is 0 Å². The number of hydrogen-bond donors (Lipinski definition) is 0. The molecule has 1 aromatic carbocycles. The minimum atomic E-state index is -0.930. The number of nitro benzene ring substituents is 1. The first-order valence-electron chi connectivity index (χ1n) is 7.22. The molecule has 0 spiro atoms. The molecule has 1 unspecified atom stereocenters. The Bertz CT molecular complexity index is 708. The highest BCUT2D eigenvalue weighted by atomic mass is 16.6. The molecule has 6 nitrogen and oxygen atoms in total. The average molecular weight is 310 g/mol. The highest BCUT2D eigenvalue weighted by molar-refractivity contribution is 5.46. The molecule has 6 heteroatoms. The van der Waals surface area contributed by atoms with Crippen molar-refractivity contribution < 1.29 is 4.92 Å². The van der Waals surface area contributed by atoms with Gasteiger partial charge in [0.05, 0.1) is 16.7 Å². The van der Waals surface area contributed by atoms with Gasteiger partial charge in [0.1, 0.15) is 5.41 Å². The first kappa shape index (κ1) is 16.6. The van der Waals surface area contributed by atoms with Gasteiger partial charge in [-0.25, -0.2) is 0 Å². The minimum absolute atomic E-state index is 0.00854. The van der Waals surface area contributed by atoms with Crippen molar-refractivity contribution in [1.82, 2.24) is 9.88 Å². The summed E-state index contributed by atoms with van der Waals surface area (Å²) in [5, 5.41) is 20.8. The molecular weight excluding hydrogens is 292 g/mol. The van der Waals surface area contributed by atoms with Crippen LogP contribution in [0.5, 0.6) is 0 Å².